The molecule has 2 aromatic carbocycles. The lowest BCUT2D eigenvalue weighted by molar-refractivity contribution is 0.326. The van der Waals surface area contributed by atoms with Crippen LogP contribution >= 0.6 is 0 Å². The molecular formula is C19H23NO2. The molecule has 3 heteroatoms. The van der Waals surface area contributed by atoms with Crippen LogP contribution in [-0.4, -0.2) is 13.7 Å². The molecule has 2 rings (SSSR count). The second-order valence-electron chi connectivity index (χ2n) is 5.10. The van der Waals surface area contributed by atoms with E-state index in [1.165, 1.54) is 5.56 Å². The smallest absolute Gasteiger partial charge is 0.161 e. The molecule has 0 fully saturated rings. The molecule has 1 unspecified atom stereocenters. The molecule has 0 aromatic heterocycles. The summed E-state index contributed by atoms with van der Waals surface area (Å²) in [4.78, 5) is 0. The van der Waals surface area contributed by atoms with Gasteiger partial charge in [0.15, 0.2) is 11.5 Å². The zero-order chi connectivity index (χ0) is 15.8. The van der Waals surface area contributed by atoms with Gasteiger partial charge in [0, 0.05) is 12.6 Å². The van der Waals surface area contributed by atoms with Gasteiger partial charge in [0.1, 0.15) is 6.61 Å². The molecule has 0 saturated carbocycles. The lowest BCUT2D eigenvalue weighted by Gasteiger charge is -2.15. The SMILES string of the molecule is C=CCOc1ccc(CNC(C)c2ccccc2)cc1OC. The average Bonchev–Trinajstić information content (AvgIpc) is 2.58. The van der Waals surface area contributed by atoms with Gasteiger partial charge in [-0.2, -0.15) is 0 Å². The van der Waals surface area contributed by atoms with Crippen LogP contribution in [0.3, 0.4) is 0 Å². The summed E-state index contributed by atoms with van der Waals surface area (Å²) in [6.07, 6.45) is 1.72. The molecule has 0 amide bonds. The van der Waals surface area contributed by atoms with E-state index in [-0.39, 0.29) is 0 Å². The summed E-state index contributed by atoms with van der Waals surface area (Å²) in [6, 6.07) is 16.7. The molecular weight excluding hydrogens is 274 g/mol. The number of benzene rings is 2. The average molecular weight is 297 g/mol. The van der Waals surface area contributed by atoms with Gasteiger partial charge < -0.3 is 14.8 Å². The fraction of sp³-hybridized carbons (Fsp3) is 0.263. The van der Waals surface area contributed by atoms with E-state index in [1.807, 2.05) is 24.3 Å². The number of methoxy groups -OCH3 is 1. The maximum absolute atomic E-state index is 5.56. The first kappa shape index (κ1) is 16.1. The van der Waals surface area contributed by atoms with Crippen molar-refractivity contribution in [1.29, 1.82) is 0 Å². The number of hydrogen-bond acceptors (Lipinski definition) is 3. The molecule has 0 heterocycles. The molecule has 2 aromatic rings. The summed E-state index contributed by atoms with van der Waals surface area (Å²) in [5.41, 5.74) is 2.44. The Kier molecular flexibility index (Phi) is 6.04. The lowest BCUT2D eigenvalue weighted by Crippen LogP contribution is -2.18. The summed E-state index contributed by atoms with van der Waals surface area (Å²) in [5, 5.41) is 3.52. The van der Waals surface area contributed by atoms with Crippen molar-refractivity contribution in [3.8, 4) is 11.5 Å². The summed E-state index contributed by atoms with van der Waals surface area (Å²) < 4.78 is 11.0. The van der Waals surface area contributed by atoms with Crippen molar-refractivity contribution >= 4 is 0 Å². The van der Waals surface area contributed by atoms with Crippen LogP contribution in [0.2, 0.25) is 0 Å². The monoisotopic (exact) mass is 297 g/mol. The maximum Gasteiger partial charge on any atom is 0.161 e. The molecule has 1 atom stereocenters. The molecule has 0 saturated heterocycles. The molecule has 22 heavy (non-hydrogen) atoms. The third-order valence-corrected chi connectivity index (χ3v) is 3.50. The second kappa shape index (κ2) is 8.25. The Morgan fingerprint density at radius 2 is 1.91 bits per heavy atom. The normalized spacial score (nSPS) is 11.7. The Hall–Kier alpha value is -2.26. The predicted molar refractivity (Wildman–Crippen MR) is 90.4 cm³/mol. The number of nitrogens with one attached hydrogen (secondary N) is 1. The van der Waals surface area contributed by atoms with Crippen molar-refractivity contribution in [3.05, 3.63) is 72.3 Å². The molecule has 116 valence electrons. The van der Waals surface area contributed by atoms with Gasteiger partial charge in [-0.3, -0.25) is 0 Å². The van der Waals surface area contributed by atoms with E-state index < -0.39 is 0 Å². The van der Waals surface area contributed by atoms with Crippen LogP contribution in [0, 0.1) is 0 Å². The van der Waals surface area contributed by atoms with Crippen LogP contribution in [0.5, 0.6) is 11.5 Å². The van der Waals surface area contributed by atoms with E-state index in [0.717, 1.165) is 23.6 Å². The van der Waals surface area contributed by atoms with Crippen molar-refractivity contribution in [1.82, 2.24) is 5.32 Å². The highest BCUT2D eigenvalue weighted by Crippen LogP contribution is 2.28. The summed E-state index contributed by atoms with van der Waals surface area (Å²) in [5.74, 6) is 1.48. The van der Waals surface area contributed by atoms with Gasteiger partial charge >= 0.3 is 0 Å². The van der Waals surface area contributed by atoms with Gasteiger partial charge in [-0.1, -0.05) is 49.1 Å². The number of hydrogen-bond donors (Lipinski definition) is 1. The highest BCUT2D eigenvalue weighted by atomic mass is 16.5. The molecule has 1 N–H and O–H groups in total. The predicted octanol–water partition coefficient (Wildman–Crippen LogP) is 4.11. The number of rotatable bonds is 8. The first-order valence-electron chi connectivity index (χ1n) is 7.43. The van der Waals surface area contributed by atoms with Crippen molar-refractivity contribution in [3.63, 3.8) is 0 Å². The minimum Gasteiger partial charge on any atom is -0.493 e. The molecule has 3 nitrogen and oxygen atoms in total. The maximum atomic E-state index is 5.56. The Bertz CT molecular complexity index is 596. The minimum atomic E-state index is 0.295. The van der Waals surface area contributed by atoms with Gasteiger partial charge in [0.2, 0.25) is 0 Å². The topological polar surface area (TPSA) is 30.5 Å². The second-order valence-corrected chi connectivity index (χ2v) is 5.10. The summed E-state index contributed by atoms with van der Waals surface area (Å²) in [7, 11) is 1.65. The van der Waals surface area contributed by atoms with Gasteiger partial charge in [0.25, 0.3) is 0 Å². The fourth-order valence-corrected chi connectivity index (χ4v) is 2.22. The van der Waals surface area contributed by atoms with Gasteiger partial charge in [-0.15, -0.1) is 0 Å². The zero-order valence-corrected chi connectivity index (χ0v) is 13.2. The molecule has 0 aliphatic heterocycles. The molecule has 0 aliphatic carbocycles. The standard InChI is InChI=1S/C19H23NO2/c1-4-12-22-18-11-10-16(13-19(18)21-3)14-20-15(2)17-8-6-5-7-9-17/h4-11,13,15,20H,1,12,14H2,2-3H3. The highest BCUT2D eigenvalue weighted by Gasteiger charge is 2.07. The van der Waals surface area contributed by atoms with E-state index in [0.29, 0.717) is 12.6 Å². The Morgan fingerprint density at radius 1 is 1.14 bits per heavy atom. The first-order chi connectivity index (χ1) is 10.7. The zero-order valence-electron chi connectivity index (χ0n) is 13.2. The molecule has 0 bridgehead atoms. The third kappa shape index (κ3) is 4.37. The van der Waals surface area contributed by atoms with Crippen molar-refractivity contribution in [2.45, 2.75) is 19.5 Å². The molecule has 0 radical (unpaired) electrons. The van der Waals surface area contributed by atoms with Crippen molar-refractivity contribution in [2.75, 3.05) is 13.7 Å². The van der Waals surface area contributed by atoms with Crippen molar-refractivity contribution < 1.29 is 9.47 Å². The minimum absolute atomic E-state index is 0.295. The van der Waals surface area contributed by atoms with Crippen LogP contribution in [0.15, 0.2) is 61.2 Å². The first-order valence-corrected chi connectivity index (χ1v) is 7.43. The third-order valence-electron chi connectivity index (χ3n) is 3.50. The van der Waals surface area contributed by atoms with E-state index in [1.54, 1.807) is 13.2 Å². The summed E-state index contributed by atoms with van der Waals surface area (Å²) in [6.45, 7) is 7.05. The van der Waals surface area contributed by atoms with Crippen molar-refractivity contribution in [2.24, 2.45) is 0 Å². The van der Waals surface area contributed by atoms with Gasteiger partial charge in [0.05, 0.1) is 7.11 Å². The van der Waals surface area contributed by atoms with E-state index in [4.69, 9.17) is 9.47 Å². The van der Waals surface area contributed by atoms with Gasteiger partial charge in [-0.05, 0) is 30.2 Å². The largest absolute Gasteiger partial charge is 0.493 e. The van der Waals surface area contributed by atoms with Gasteiger partial charge in [-0.25, -0.2) is 0 Å². The lowest BCUT2D eigenvalue weighted by atomic mass is 10.1. The Labute approximate surface area is 132 Å². The van der Waals surface area contributed by atoms with Crippen LogP contribution in [0.25, 0.3) is 0 Å². The highest BCUT2D eigenvalue weighted by molar-refractivity contribution is 5.43. The fourth-order valence-electron chi connectivity index (χ4n) is 2.22. The quantitative estimate of drug-likeness (QED) is 0.744. The van der Waals surface area contributed by atoms with Crippen LogP contribution in [-0.2, 0) is 6.54 Å². The summed E-state index contributed by atoms with van der Waals surface area (Å²) >= 11 is 0. The molecule has 0 aliphatic rings. The van der Waals surface area contributed by atoms with Crippen LogP contribution < -0.4 is 14.8 Å². The van der Waals surface area contributed by atoms with E-state index in [2.05, 4.69) is 43.1 Å². The molecule has 0 spiro atoms. The number of ether oxygens (including phenoxy) is 2. The van der Waals surface area contributed by atoms with Crippen LogP contribution in [0.1, 0.15) is 24.1 Å². The Balaban J connectivity index is 1.99. The van der Waals surface area contributed by atoms with Crippen LogP contribution in [0.4, 0.5) is 0 Å². The Morgan fingerprint density at radius 3 is 2.59 bits per heavy atom. The van der Waals surface area contributed by atoms with E-state index in [9.17, 15) is 0 Å². The van der Waals surface area contributed by atoms with E-state index >= 15 is 0 Å².